The van der Waals surface area contributed by atoms with Crippen molar-refractivity contribution in [2.45, 2.75) is 19.3 Å². The van der Waals surface area contributed by atoms with E-state index < -0.39 is 5.91 Å². The van der Waals surface area contributed by atoms with E-state index in [0.717, 1.165) is 35.3 Å². The van der Waals surface area contributed by atoms with Crippen molar-refractivity contribution < 1.29 is 9.90 Å². The van der Waals surface area contributed by atoms with E-state index in [1.54, 1.807) is 18.5 Å². The number of benzene rings is 2. The molecule has 0 radical (unpaired) electrons. The molecule has 4 aromatic rings. The van der Waals surface area contributed by atoms with E-state index in [0.29, 0.717) is 23.4 Å². The van der Waals surface area contributed by atoms with Crippen LogP contribution in [0.1, 0.15) is 28.9 Å². The number of nitrogens with one attached hydrogen (secondary N) is 1. The molecule has 2 heterocycles. The summed E-state index contributed by atoms with van der Waals surface area (Å²) in [5, 5.41) is 16.0. The van der Waals surface area contributed by atoms with Gasteiger partial charge >= 0.3 is 0 Å². The molecule has 0 spiro atoms. The Balaban J connectivity index is 1.94. The second kappa shape index (κ2) is 8.75. The number of amides is 1. The molecule has 0 atom stereocenters. The molecule has 30 heavy (non-hydrogen) atoms. The maximum absolute atomic E-state index is 12.3. The van der Waals surface area contributed by atoms with Crippen molar-refractivity contribution in [2.24, 2.45) is 5.73 Å². The summed E-state index contributed by atoms with van der Waals surface area (Å²) in [7, 11) is 0. The van der Waals surface area contributed by atoms with Crippen LogP contribution in [-0.2, 0) is 6.42 Å². The predicted molar refractivity (Wildman–Crippen MR) is 115 cm³/mol. The minimum absolute atomic E-state index is 0.154. The number of nitrogens with zero attached hydrogens (tertiary/aromatic N) is 3. The molecule has 4 N–H and O–H groups in total. The molecular weight excluding hydrogens is 378 g/mol. The molecule has 0 fully saturated rings. The first-order valence-electron chi connectivity index (χ1n) is 9.86. The lowest BCUT2D eigenvalue weighted by molar-refractivity contribution is 0.100. The van der Waals surface area contributed by atoms with Crippen molar-refractivity contribution in [3.63, 3.8) is 0 Å². The van der Waals surface area contributed by atoms with Crippen LogP contribution < -0.4 is 5.73 Å². The fourth-order valence-corrected chi connectivity index (χ4v) is 3.57. The summed E-state index contributed by atoms with van der Waals surface area (Å²) < 4.78 is 1.99. The van der Waals surface area contributed by atoms with Crippen LogP contribution in [-0.4, -0.2) is 37.4 Å². The monoisotopic (exact) mass is 401 g/mol. The van der Waals surface area contributed by atoms with Crippen LogP contribution in [0.5, 0.6) is 0 Å². The molecule has 1 amide bonds. The standard InChI is InChI=1S/C23H23N5O2/c24-22(30)20-11-6-10-19(16-13-25-26-14-16)21(20)23-27-17(7-4-5-12-29)15-28(23)18-8-2-1-3-9-18/h1-3,6,8-11,13-15,29H,4-5,7,12H2,(H2,24,30)(H,25,26). The first-order chi connectivity index (χ1) is 14.7. The topological polar surface area (TPSA) is 110 Å². The Kier molecular flexibility index (Phi) is 5.72. The summed E-state index contributed by atoms with van der Waals surface area (Å²) >= 11 is 0. The van der Waals surface area contributed by atoms with E-state index in [1.165, 1.54) is 0 Å². The number of hydrogen-bond acceptors (Lipinski definition) is 4. The van der Waals surface area contributed by atoms with Crippen LogP contribution >= 0.6 is 0 Å². The maximum Gasteiger partial charge on any atom is 0.249 e. The third kappa shape index (κ3) is 3.88. The fourth-order valence-electron chi connectivity index (χ4n) is 3.57. The first kappa shape index (κ1) is 19.6. The molecule has 0 aliphatic heterocycles. The predicted octanol–water partition coefficient (Wildman–Crippen LogP) is 3.34. The number of nitrogens with two attached hydrogens (primary N) is 1. The van der Waals surface area contributed by atoms with Gasteiger partial charge in [-0.3, -0.25) is 14.5 Å². The Hall–Kier alpha value is -3.71. The van der Waals surface area contributed by atoms with Gasteiger partial charge in [0.15, 0.2) is 0 Å². The van der Waals surface area contributed by atoms with Crippen LogP contribution in [0.25, 0.3) is 28.2 Å². The number of primary amides is 1. The maximum atomic E-state index is 12.3. The minimum atomic E-state index is -0.514. The van der Waals surface area contributed by atoms with Crippen molar-refractivity contribution in [1.29, 1.82) is 0 Å². The van der Waals surface area contributed by atoms with Crippen molar-refractivity contribution in [3.05, 3.63) is 78.4 Å². The van der Waals surface area contributed by atoms with Gasteiger partial charge in [-0.25, -0.2) is 4.98 Å². The van der Waals surface area contributed by atoms with Crippen LogP contribution in [0.3, 0.4) is 0 Å². The number of aromatic nitrogens is 4. The van der Waals surface area contributed by atoms with Crippen molar-refractivity contribution in [2.75, 3.05) is 6.61 Å². The van der Waals surface area contributed by atoms with Crippen molar-refractivity contribution >= 4 is 5.91 Å². The van der Waals surface area contributed by atoms with Gasteiger partial charge in [0.1, 0.15) is 5.82 Å². The summed E-state index contributed by atoms with van der Waals surface area (Å²) in [6.07, 6.45) is 7.74. The van der Waals surface area contributed by atoms with E-state index >= 15 is 0 Å². The van der Waals surface area contributed by atoms with Crippen LogP contribution in [0.15, 0.2) is 67.1 Å². The molecule has 2 aromatic carbocycles. The molecule has 7 heteroatoms. The molecule has 4 rings (SSSR count). The Morgan fingerprint density at radius 1 is 1.10 bits per heavy atom. The number of aliphatic hydroxyl groups is 1. The zero-order chi connectivity index (χ0) is 20.9. The van der Waals surface area contributed by atoms with Gasteiger partial charge in [-0.1, -0.05) is 30.3 Å². The van der Waals surface area contributed by atoms with Gasteiger partial charge in [0, 0.05) is 35.8 Å². The lowest BCUT2D eigenvalue weighted by Gasteiger charge is -2.14. The molecule has 0 aliphatic rings. The number of unbranched alkanes of at least 4 members (excludes halogenated alkanes) is 1. The highest BCUT2D eigenvalue weighted by Gasteiger charge is 2.22. The Morgan fingerprint density at radius 3 is 2.63 bits per heavy atom. The Bertz CT molecular complexity index is 1130. The van der Waals surface area contributed by atoms with E-state index in [4.69, 9.17) is 15.8 Å². The number of aromatic amines is 1. The minimum Gasteiger partial charge on any atom is -0.396 e. The molecule has 0 unspecified atom stereocenters. The van der Waals surface area contributed by atoms with Gasteiger partial charge in [0.25, 0.3) is 0 Å². The average molecular weight is 401 g/mol. The largest absolute Gasteiger partial charge is 0.396 e. The molecule has 0 saturated heterocycles. The first-order valence-corrected chi connectivity index (χ1v) is 9.86. The van der Waals surface area contributed by atoms with Crippen molar-refractivity contribution in [3.8, 4) is 28.2 Å². The molecule has 0 bridgehead atoms. The molecular formula is C23H23N5O2. The van der Waals surface area contributed by atoms with E-state index in [-0.39, 0.29) is 6.61 Å². The summed E-state index contributed by atoms with van der Waals surface area (Å²) in [5.41, 5.74) is 10.3. The highest BCUT2D eigenvalue weighted by atomic mass is 16.2. The number of aliphatic hydroxyl groups excluding tert-OH is 1. The molecule has 152 valence electrons. The molecule has 0 saturated carbocycles. The zero-order valence-electron chi connectivity index (χ0n) is 16.5. The average Bonchev–Trinajstić information content (AvgIpc) is 3.44. The Labute approximate surface area is 174 Å². The number of carbonyl (C=O) groups excluding carboxylic acids is 1. The van der Waals surface area contributed by atoms with Gasteiger partial charge in [0.05, 0.1) is 17.5 Å². The summed E-state index contributed by atoms with van der Waals surface area (Å²) in [6.45, 7) is 0.154. The molecule has 7 nitrogen and oxygen atoms in total. The SMILES string of the molecule is NC(=O)c1cccc(-c2cn[nH]c2)c1-c1nc(CCCCO)cn1-c1ccccc1. The highest BCUT2D eigenvalue weighted by Crippen LogP contribution is 2.35. The second-order valence-electron chi connectivity index (χ2n) is 7.02. The van der Waals surface area contributed by atoms with Gasteiger partial charge in [-0.2, -0.15) is 5.10 Å². The number of hydrogen-bond donors (Lipinski definition) is 3. The van der Waals surface area contributed by atoms with Gasteiger partial charge < -0.3 is 10.8 Å². The number of H-pyrrole nitrogens is 1. The van der Waals surface area contributed by atoms with E-state index in [9.17, 15) is 4.79 Å². The van der Waals surface area contributed by atoms with Gasteiger partial charge in [-0.05, 0) is 43.0 Å². The van der Waals surface area contributed by atoms with E-state index in [2.05, 4.69) is 10.2 Å². The third-order valence-electron chi connectivity index (χ3n) is 4.99. The smallest absolute Gasteiger partial charge is 0.249 e. The second-order valence-corrected chi connectivity index (χ2v) is 7.02. The number of carbonyl (C=O) groups is 1. The van der Waals surface area contributed by atoms with Crippen LogP contribution in [0, 0.1) is 0 Å². The molecule has 0 aliphatic carbocycles. The quantitative estimate of drug-likeness (QED) is 0.393. The normalized spacial score (nSPS) is 11.0. The van der Waals surface area contributed by atoms with Crippen LogP contribution in [0.2, 0.25) is 0 Å². The van der Waals surface area contributed by atoms with Gasteiger partial charge in [-0.15, -0.1) is 0 Å². The number of aryl methyl sites for hydroxylation is 1. The van der Waals surface area contributed by atoms with E-state index in [1.807, 2.05) is 53.2 Å². The van der Waals surface area contributed by atoms with Gasteiger partial charge in [0.2, 0.25) is 5.91 Å². The number of para-hydroxylation sites is 1. The summed E-state index contributed by atoms with van der Waals surface area (Å²) in [4.78, 5) is 17.2. The third-order valence-corrected chi connectivity index (χ3v) is 4.99. The fraction of sp³-hybridized carbons (Fsp3) is 0.174. The number of rotatable bonds is 8. The number of imidazole rings is 1. The summed E-state index contributed by atoms with van der Waals surface area (Å²) in [6, 6.07) is 15.3. The Morgan fingerprint density at radius 2 is 1.93 bits per heavy atom. The molecule has 2 aromatic heterocycles. The lowest BCUT2D eigenvalue weighted by atomic mass is 9.96. The van der Waals surface area contributed by atoms with Crippen LogP contribution in [0.4, 0.5) is 0 Å². The lowest BCUT2D eigenvalue weighted by Crippen LogP contribution is -2.14. The zero-order valence-corrected chi connectivity index (χ0v) is 16.5. The summed E-state index contributed by atoms with van der Waals surface area (Å²) in [5.74, 6) is 0.130. The van der Waals surface area contributed by atoms with Crippen molar-refractivity contribution in [1.82, 2.24) is 19.7 Å². The highest BCUT2D eigenvalue weighted by molar-refractivity contribution is 6.03.